The van der Waals surface area contributed by atoms with Gasteiger partial charge in [-0.25, -0.2) is 0 Å². The standard InChI is InChI=1S/C21H29NO8/c1-12(2)29-17-10-14(18(23)13-8-6-7-9-15(13)22(26)27)19(24)16(30-17)11-28-20(25)21(3,4)5/h6-10,12,16-19,23-24H,11H2,1-5H3/t16-,17+,18-,19-/m1/s1. The van der Waals surface area contributed by atoms with E-state index < -0.39 is 40.9 Å². The second kappa shape index (κ2) is 9.65. The molecule has 0 aromatic heterocycles. The Kier molecular flexibility index (Phi) is 7.70. The van der Waals surface area contributed by atoms with Crippen LogP contribution in [-0.4, -0.2) is 52.3 Å². The zero-order valence-electron chi connectivity index (χ0n) is 17.8. The Hall–Kier alpha value is -2.33. The van der Waals surface area contributed by atoms with E-state index in [1.807, 2.05) is 0 Å². The van der Waals surface area contributed by atoms with Gasteiger partial charge in [-0.1, -0.05) is 12.1 Å². The molecule has 166 valence electrons. The van der Waals surface area contributed by atoms with Crippen LogP contribution in [0.3, 0.4) is 0 Å². The van der Waals surface area contributed by atoms with E-state index in [0.717, 1.165) is 0 Å². The lowest BCUT2D eigenvalue weighted by molar-refractivity contribution is -0.386. The molecule has 1 aromatic rings. The minimum absolute atomic E-state index is 0.0310. The van der Waals surface area contributed by atoms with Gasteiger partial charge in [0.25, 0.3) is 5.69 Å². The van der Waals surface area contributed by atoms with E-state index in [0.29, 0.717) is 0 Å². The van der Waals surface area contributed by atoms with Crippen LogP contribution in [0.2, 0.25) is 0 Å². The monoisotopic (exact) mass is 423 g/mol. The van der Waals surface area contributed by atoms with Crippen molar-refractivity contribution in [3.05, 3.63) is 51.6 Å². The fraction of sp³-hybridized carbons (Fsp3) is 0.571. The Balaban J connectivity index is 2.32. The summed E-state index contributed by atoms with van der Waals surface area (Å²) < 4.78 is 16.6. The first kappa shape index (κ1) is 23.9. The topological polar surface area (TPSA) is 128 Å². The maximum atomic E-state index is 12.1. The molecule has 1 aromatic carbocycles. The molecule has 0 unspecified atom stereocenters. The first-order valence-electron chi connectivity index (χ1n) is 9.71. The maximum Gasteiger partial charge on any atom is 0.311 e. The Morgan fingerprint density at radius 1 is 1.30 bits per heavy atom. The van der Waals surface area contributed by atoms with E-state index in [1.54, 1.807) is 40.7 Å². The summed E-state index contributed by atoms with van der Waals surface area (Å²) >= 11 is 0. The molecule has 0 bridgehead atoms. The Morgan fingerprint density at radius 2 is 1.93 bits per heavy atom. The van der Waals surface area contributed by atoms with E-state index >= 15 is 0 Å². The smallest absolute Gasteiger partial charge is 0.311 e. The van der Waals surface area contributed by atoms with Crippen LogP contribution in [-0.2, 0) is 19.0 Å². The lowest BCUT2D eigenvalue weighted by Gasteiger charge is -2.35. The van der Waals surface area contributed by atoms with Crippen molar-refractivity contribution >= 4 is 11.7 Å². The summed E-state index contributed by atoms with van der Waals surface area (Å²) in [4.78, 5) is 22.8. The molecule has 0 fully saturated rings. The molecule has 1 aliphatic heterocycles. The molecule has 0 saturated carbocycles. The number of hydrogen-bond acceptors (Lipinski definition) is 8. The number of carbonyl (C=O) groups excluding carboxylic acids is 1. The zero-order valence-corrected chi connectivity index (χ0v) is 17.8. The van der Waals surface area contributed by atoms with Crippen LogP contribution < -0.4 is 0 Å². The number of carbonyl (C=O) groups is 1. The van der Waals surface area contributed by atoms with Gasteiger partial charge in [-0.3, -0.25) is 14.9 Å². The lowest BCUT2D eigenvalue weighted by Crippen LogP contribution is -2.45. The molecule has 0 spiro atoms. The molecular formula is C21H29NO8. The van der Waals surface area contributed by atoms with Crippen molar-refractivity contribution in [2.24, 2.45) is 5.41 Å². The molecule has 1 aliphatic rings. The fourth-order valence-corrected chi connectivity index (χ4v) is 2.92. The van der Waals surface area contributed by atoms with Gasteiger partial charge in [0.05, 0.1) is 22.0 Å². The molecule has 0 amide bonds. The van der Waals surface area contributed by atoms with E-state index in [-0.39, 0.29) is 29.5 Å². The van der Waals surface area contributed by atoms with Gasteiger partial charge in [-0.15, -0.1) is 0 Å². The number of hydrogen-bond donors (Lipinski definition) is 2. The third-order valence-corrected chi connectivity index (χ3v) is 4.47. The van der Waals surface area contributed by atoms with Crippen molar-refractivity contribution in [2.75, 3.05) is 6.61 Å². The average Bonchev–Trinajstić information content (AvgIpc) is 2.66. The predicted octanol–water partition coefficient (Wildman–Crippen LogP) is 2.65. The number of benzene rings is 1. The van der Waals surface area contributed by atoms with E-state index in [1.165, 1.54) is 24.3 Å². The van der Waals surface area contributed by atoms with Gasteiger partial charge in [0, 0.05) is 6.07 Å². The van der Waals surface area contributed by atoms with Crippen molar-refractivity contribution in [3.63, 3.8) is 0 Å². The number of aliphatic hydroxyl groups is 2. The molecule has 9 heteroatoms. The maximum absolute atomic E-state index is 12.1. The Labute approximate surface area is 175 Å². The van der Waals surface area contributed by atoms with Gasteiger partial charge in [0.2, 0.25) is 0 Å². The lowest BCUT2D eigenvalue weighted by atomic mass is 9.91. The first-order chi connectivity index (χ1) is 13.9. The van der Waals surface area contributed by atoms with Crippen molar-refractivity contribution < 1.29 is 34.1 Å². The molecular weight excluding hydrogens is 394 g/mol. The van der Waals surface area contributed by atoms with Crippen LogP contribution in [0.1, 0.15) is 46.3 Å². The minimum Gasteiger partial charge on any atom is -0.462 e. The fourth-order valence-electron chi connectivity index (χ4n) is 2.92. The second-order valence-corrected chi connectivity index (χ2v) is 8.41. The number of esters is 1. The molecule has 2 N–H and O–H groups in total. The van der Waals surface area contributed by atoms with Gasteiger partial charge >= 0.3 is 5.97 Å². The van der Waals surface area contributed by atoms with Crippen molar-refractivity contribution in [2.45, 2.75) is 65.3 Å². The second-order valence-electron chi connectivity index (χ2n) is 8.41. The predicted molar refractivity (Wildman–Crippen MR) is 107 cm³/mol. The Morgan fingerprint density at radius 3 is 2.50 bits per heavy atom. The van der Waals surface area contributed by atoms with Crippen LogP contribution in [0.5, 0.6) is 0 Å². The normalized spacial score (nSPS) is 23.1. The third-order valence-electron chi connectivity index (χ3n) is 4.47. The number of para-hydroxylation sites is 1. The minimum atomic E-state index is -1.47. The summed E-state index contributed by atoms with van der Waals surface area (Å²) in [6, 6.07) is 5.74. The molecule has 0 radical (unpaired) electrons. The number of rotatable bonds is 7. The first-order valence-corrected chi connectivity index (χ1v) is 9.71. The average molecular weight is 423 g/mol. The summed E-state index contributed by atoms with van der Waals surface area (Å²) in [5, 5.41) is 33.0. The van der Waals surface area contributed by atoms with Crippen molar-refractivity contribution in [3.8, 4) is 0 Å². The summed E-state index contributed by atoms with van der Waals surface area (Å²) in [5.74, 6) is -0.477. The van der Waals surface area contributed by atoms with Crippen LogP contribution in [0.25, 0.3) is 0 Å². The zero-order chi connectivity index (χ0) is 22.6. The molecule has 1 heterocycles. The van der Waals surface area contributed by atoms with Gasteiger partial charge in [0.15, 0.2) is 6.29 Å². The molecule has 0 aliphatic carbocycles. The molecule has 30 heavy (non-hydrogen) atoms. The number of nitrogens with zero attached hydrogens (tertiary/aromatic N) is 1. The highest BCUT2D eigenvalue weighted by atomic mass is 16.7. The van der Waals surface area contributed by atoms with Gasteiger partial charge < -0.3 is 24.4 Å². The van der Waals surface area contributed by atoms with Crippen molar-refractivity contribution in [1.29, 1.82) is 0 Å². The molecule has 9 nitrogen and oxygen atoms in total. The van der Waals surface area contributed by atoms with Crippen LogP contribution in [0, 0.1) is 15.5 Å². The summed E-state index contributed by atoms with van der Waals surface area (Å²) in [7, 11) is 0. The van der Waals surface area contributed by atoms with Gasteiger partial charge in [-0.05, 0) is 52.3 Å². The number of nitro groups is 1. The van der Waals surface area contributed by atoms with Crippen LogP contribution >= 0.6 is 0 Å². The molecule has 4 atom stereocenters. The quantitative estimate of drug-likeness (QED) is 0.296. The SMILES string of the molecule is CC(C)O[C@@H]1C=C([C@H](O)c2ccccc2[N+](=O)[O-])[C@@H](O)[C@@H](COC(=O)C(C)(C)C)O1. The summed E-state index contributed by atoms with van der Waals surface area (Å²) in [6.45, 7) is 8.39. The Bertz CT molecular complexity index is 798. The molecule has 2 rings (SSSR count). The molecule has 0 saturated heterocycles. The highest BCUT2D eigenvalue weighted by Gasteiger charge is 2.38. The van der Waals surface area contributed by atoms with Gasteiger partial charge in [0.1, 0.15) is 24.9 Å². The van der Waals surface area contributed by atoms with Crippen molar-refractivity contribution in [1.82, 2.24) is 0 Å². The highest BCUT2D eigenvalue weighted by molar-refractivity contribution is 5.75. The summed E-state index contributed by atoms with van der Waals surface area (Å²) in [5.41, 5.74) is -0.904. The third kappa shape index (κ3) is 5.85. The van der Waals surface area contributed by atoms with Crippen LogP contribution in [0.15, 0.2) is 35.9 Å². The van der Waals surface area contributed by atoms with E-state index in [9.17, 15) is 25.1 Å². The number of nitro benzene ring substituents is 1. The highest BCUT2D eigenvalue weighted by Crippen LogP contribution is 2.35. The van der Waals surface area contributed by atoms with E-state index in [2.05, 4.69) is 0 Å². The summed E-state index contributed by atoms with van der Waals surface area (Å²) in [6.07, 6.45) is -3.61. The van der Waals surface area contributed by atoms with Crippen LogP contribution in [0.4, 0.5) is 5.69 Å². The van der Waals surface area contributed by atoms with Gasteiger partial charge in [-0.2, -0.15) is 0 Å². The number of ether oxygens (including phenoxy) is 3. The largest absolute Gasteiger partial charge is 0.462 e. The number of aliphatic hydroxyl groups excluding tert-OH is 2. The van der Waals surface area contributed by atoms with E-state index in [4.69, 9.17) is 14.2 Å².